The van der Waals surface area contributed by atoms with E-state index in [1.54, 1.807) is 24.5 Å². The molecule has 3 heteroatoms. The van der Waals surface area contributed by atoms with Gasteiger partial charge in [-0.15, -0.1) is 0 Å². The highest BCUT2D eigenvalue weighted by atomic mass is 16.1. The molecular formula is C14H14N2O. The summed E-state index contributed by atoms with van der Waals surface area (Å²) in [6.07, 6.45) is 3.48. The van der Waals surface area contributed by atoms with Crippen LogP contribution >= 0.6 is 0 Å². The number of carbonyl (C=O) groups excluding carboxylic acids is 1. The van der Waals surface area contributed by atoms with Crippen LogP contribution in [-0.2, 0) is 0 Å². The maximum Gasteiger partial charge on any atom is 0.251 e. The number of pyridine rings is 1. The van der Waals surface area contributed by atoms with E-state index in [4.69, 9.17) is 0 Å². The van der Waals surface area contributed by atoms with Crippen LogP contribution in [0.2, 0.25) is 0 Å². The number of aromatic nitrogens is 1. The Hall–Kier alpha value is -2.16. The van der Waals surface area contributed by atoms with Crippen LogP contribution < -0.4 is 5.32 Å². The van der Waals surface area contributed by atoms with Crippen LogP contribution in [0.5, 0.6) is 0 Å². The number of hydrogen-bond acceptors (Lipinski definition) is 2. The third kappa shape index (κ3) is 2.91. The van der Waals surface area contributed by atoms with Gasteiger partial charge in [-0.2, -0.15) is 0 Å². The van der Waals surface area contributed by atoms with Crippen LogP contribution in [0.3, 0.4) is 0 Å². The Balaban J connectivity index is 2.05. The van der Waals surface area contributed by atoms with Gasteiger partial charge in [-0.25, -0.2) is 0 Å². The van der Waals surface area contributed by atoms with Crippen molar-refractivity contribution in [2.75, 3.05) is 0 Å². The minimum absolute atomic E-state index is 0.0450. The molecule has 1 heterocycles. The summed E-state index contributed by atoms with van der Waals surface area (Å²) in [5.74, 6) is -0.0676. The minimum Gasteiger partial charge on any atom is -0.345 e. The van der Waals surface area contributed by atoms with Crippen molar-refractivity contribution in [3.8, 4) is 0 Å². The van der Waals surface area contributed by atoms with E-state index < -0.39 is 0 Å². The van der Waals surface area contributed by atoms with Gasteiger partial charge in [0.2, 0.25) is 0 Å². The predicted molar refractivity (Wildman–Crippen MR) is 66.6 cm³/mol. The molecule has 1 amide bonds. The van der Waals surface area contributed by atoms with E-state index in [9.17, 15) is 4.79 Å². The second kappa shape index (κ2) is 5.25. The number of rotatable bonds is 3. The minimum atomic E-state index is -0.0676. The normalized spacial score (nSPS) is 11.8. The molecular weight excluding hydrogens is 212 g/mol. The number of carbonyl (C=O) groups is 1. The molecule has 0 aliphatic rings. The molecule has 0 radical (unpaired) electrons. The van der Waals surface area contributed by atoms with E-state index in [1.165, 1.54) is 0 Å². The van der Waals surface area contributed by atoms with Gasteiger partial charge in [-0.3, -0.25) is 9.78 Å². The van der Waals surface area contributed by atoms with E-state index in [-0.39, 0.29) is 11.9 Å². The summed E-state index contributed by atoms with van der Waals surface area (Å²) in [4.78, 5) is 15.9. The summed E-state index contributed by atoms with van der Waals surface area (Å²) < 4.78 is 0. The van der Waals surface area contributed by atoms with Gasteiger partial charge in [-0.1, -0.05) is 24.3 Å². The molecule has 17 heavy (non-hydrogen) atoms. The van der Waals surface area contributed by atoms with E-state index in [0.717, 1.165) is 5.56 Å². The monoisotopic (exact) mass is 226 g/mol. The SMILES string of the molecule is CC(NC(=O)c1ccccc1)c1cccnc1. The molecule has 1 aromatic carbocycles. The van der Waals surface area contributed by atoms with Gasteiger partial charge >= 0.3 is 0 Å². The summed E-state index contributed by atoms with van der Waals surface area (Å²) in [5, 5.41) is 2.93. The zero-order chi connectivity index (χ0) is 12.1. The largest absolute Gasteiger partial charge is 0.345 e. The first-order valence-electron chi connectivity index (χ1n) is 5.53. The lowest BCUT2D eigenvalue weighted by atomic mass is 10.1. The molecule has 86 valence electrons. The Labute approximate surface area is 101 Å². The van der Waals surface area contributed by atoms with Crippen molar-refractivity contribution in [2.45, 2.75) is 13.0 Å². The van der Waals surface area contributed by atoms with Crippen molar-refractivity contribution in [3.63, 3.8) is 0 Å². The first kappa shape index (κ1) is 11.3. The van der Waals surface area contributed by atoms with Crippen molar-refractivity contribution in [3.05, 3.63) is 66.0 Å². The summed E-state index contributed by atoms with van der Waals surface area (Å²) in [6, 6.07) is 12.9. The predicted octanol–water partition coefficient (Wildman–Crippen LogP) is 2.57. The van der Waals surface area contributed by atoms with Crippen molar-refractivity contribution < 1.29 is 4.79 Å². The average molecular weight is 226 g/mol. The number of nitrogens with one attached hydrogen (secondary N) is 1. The molecule has 0 fully saturated rings. The van der Waals surface area contributed by atoms with Crippen molar-refractivity contribution in [2.24, 2.45) is 0 Å². The highest BCUT2D eigenvalue weighted by Gasteiger charge is 2.10. The smallest absolute Gasteiger partial charge is 0.251 e. The molecule has 0 aliphatic heterocycles. The van der Waals surface area contributed by atoms with Crippen LogP contribution in [0.25, 0.3) is 0 Å². The summed E-state index contributed by atoms with van der Waals surface area (Å²) in [6.45, 7) is 1.94. The molecule has 1 unspecified atom stereocenters. The van der Waals surface area contributed by atoms with Crippen molar-refractivity contribution in [1.82, 2.24) is 10.3 Å². The lowest BCUT2D eigenvalue weighted by Crippen LogP contribution is -2.26. The lowest BCUT2D eigenvalue weighted by molar-refractivity contribution is 0.0940. The van der Waals surface area contributed by atoms with Gasteiger partial charge in [0, 0.05) is 18.0 Å². The molecule has 1 atom stereocenters. The second-order valence-corrected chi connectivity index (χ2v) is 3.85. The Bertz CT molecular complexity index is 482. The van der Waals surface area contributed by atoms with Gasteiger partial charge in [-0.05, 0) is 30.7 Å². The Morgan fingerprint density at radius 2 is 1.94 bits per heavy atom. The van der Waals surface area contributed by atoms with Gasteiger partial charge in [0.15, 0.2) is 0 Å². The molecule has 2 rings (SSSR count). The van der Waals surface area contributed by atoms with Crippen molar-refractivity contribution >= 4 is 5.91 Å². The van der Waals surface area contributed by atoms with E-state index >= 15 is 0 Å². The number of hydrogen-bond donors (Lipinski definition) is 1. The van der Waals surface area contributed by atoms with Crippen molar-refractivity contribution in [1.29, 1.82) is 0 Å². The molecule has 3 nitrogen and oxygen atoms in total. The van der Waals surface area contributed by atoms with Crippen LogP contribution in [0.4, 0.5) is 0 Å². The first-order valence-corrected chi connectivity index (χ1v) is 5.53. The lowest BCUT2D eigenvalue weighted by Gasteiger charge is -2.13. The Morgan fingerprint density at radius 3 is 2.59 bits per heavy atom. The number of amides is 1. The van der Waals surface area contributed by atoms with Crippen LogP contribution in [0.15, 0.2) is 54.9 Å². The average Bonchev–Trinajstić information content (AvgIpc) is 2.40. The molecule has 1 aromatic heterocycles. The van der Waals surface area contributed by atoms with Crippen LogP contribution in [0.1, 0.15) is 28.9 Å². The maximum atomic E-state index is 11.9. The maximum absolute atomic E-state index is 11.9. The molecule has 0 saturated heterocycles. The Morgan fingerprint density at radius 1 is 1.18 bits per heavy atom. The van der Waals surface area contributed by atoms with Gasteiger partial charge in [0.05, 0.1) is 6.04 Å². The second-order valence-electron chi connectivity index (χ2n) is 3.85. The number of nitrogens with zero attached hydrogens (tertiary/aromatic N) is 1. The van der Waals surface area contributed by atoms with E-state index in [0.29, 0.717) is 5.56 Å². The molecule has 0 aliphatic carbocycles. The fourth-order valence-corrected chi connectivity index (χ4v) is 1.58. The quantitative estimate of drug-likeness (QED) is 0.874. The first-order chi connectivity index (χ1) is 8.27. The van der Waals surface area contributed by atoms with Crippen LogP contribution in [-0.4, -0.2) is 10.9 Å². The summed E-state index contributed by atoms with van der Waals surface area (Å²) >= 11 is 0. The molecule has 0 bridgehead atoms. The molecule has 0 saturated carbocycles. The van der Waals surface area contributed by atoms with Crippen LogP contribution in [0, 0.1) is 0 Å². The fourth-order valence-electron chi connectivity index (χ4n) is 1.58. The molecule has 2 aromatic rings. The van der Waals surface area contributed by atoms with E-state index in [2.05, 4.69) is 10.3 Å². The van der Waals surface area contributed by atoms with Gasteiger partial charge in [0.1, 0.15) is 0 Å². The Kier molecular flexibility index (Phi) is 3.50. The highest BCUT2D eigenvalue weighted by Crippen LogP contribution is 2.11. The highest BCUT2D eigenvalue weighted by molar-refractivity contribution is 5.94. The zero-order valence-electron chi connectivity index (χ0n) is 9.63. The third-order valence-electron chi connectivity index (χ3n) is 2.57. The number of benzene rings is 1. The zero-order valence-corrected chi connectivity index (χ0v) is 9.63. The topological polar surface area (TPSA) is 42.0 Å². The molecule has 0 spiro atoms. The third-order valence-corrected chi connectivity index (χ3v) is 2.57. The standard InChI is InChI=1S/C14H14N2O/c1-11(13-8-5-9-15-10-13)16-14(17)12-6-3-2-4-7-12/h2-11H,1H3,(H,16,17). The molecule has 1 N–H and O–H groups in total. The van der Waals surface area contributed by atoms with Gasteiger partial charge < -0.3 is 5.32 Å². The fraction of sp³-hybridized carbons (Fsp3) is 0.143. The van der Waals surface area contributed by atoms with Gasteiger partial charge in [0.25, 0.3) is 5.91 Å². The van der Waals surface area contributed by atoms with E-state index in [1.807, 2.05) is 37.3 Å². The summed E-state index contributed by atoms with van der Waals surface area (Å²) in [7, 11) is 0. The summed E-state index contributed by atoms with van der Waals surface area (Å²) in [5.41, 5.74) is 1.67.